The van der Waals surface area contributed by atoms with Gasteiger partial charge in [0.25, 0.3) is 5.56 Å². The third-order valence-corrected chi connectivity index (χ3v) is 4.50. The molecule has 0 amide bonds. The minimum absolute atomic E-state index is 0.151. The summed E-state index contributed by atoms with van der Waals surface area (Å²) >= 11 is 5.91. The predicted octanol–water partition coefficient (Wildman–Crippen LogP) is 4.62. The smallest absolute Gasteiger partial charge is 0.268 e. The first kappa shape index (κ1) is 18.1. The molecule has 0 aliphatic carbocycles. The Hall–Kier alpha value is -2.66. The summed E-state index contributed by atoms with van der Waals surface area (Å²) in [6.45, 7) is 6.08. The van der Waals surface area contributed by atoms with Gasteiger partial charge in [0.15, 0.2) is 0 Å². The van der Waals surface area contributed by atoms with Crippen LogP contribution in [0.1, 0.15) is 31.4 Å². The van der Waals surface area contributed by atoms with Crippen LogP contribution in [0, 0.1) is 6.92 Å². The molecule has 0 aliphatic heterocycles. The standard InChI is InChI=1S/C20H21ClN4O/c1-4-14(3)23-18-17(12-22-16-9-7-15(21)8-10-16)20(26)25-11-5-6-13(2)19(25)24-18/h5-12,14,23H,4H2,1-3H3. The second kappa shape index (κ2) is 7.70. The van der Waals surface area contributed by atoms with Crippen LogP contribution in [-0.4, -0.2) is 21.6 Å². The number of rotatable bonds is 5. The van der Waals surface area contributed by atoms with Crippen molar-refractivity contribution in [1.82, 2.24) is 9.38 Å². The number of nitrogens with one attached hydrogen (secondary N) is 1. The first-order chi connectivity index (χ1) is 12.5. The zero-order valence-electron chi connectivity index (χ0n) is 15.0. The molecule has 0 radical (unpaired) electrons. The lowest BCUT2D eigenvalue weighted by Gasteiger charge is -2.15. The second-order valence-electron chi connectivity index (χ2n) is 6.25. The lowest BCUT2D eigenvalue weighted by Crippen LogP contribution is -2.25. The fourth-order valence-electron chi connectivity index (χ4n) is 2.54. The predicted molar refractivity (Wildman–Crippen MR) is 108 cm³/mol. The average molecular weight is 369 g/mol. The SMILES string of the molecule is CCC(C)Nc1nc2c(C)cccn2c(=O)c1C=Nc1ccc(Cl)cc1. The minimum atomic E-state index is -0.151. The third kappa shape index (κ3) is 3.78. The number of fused-ring (bicyclic) bond motifs is 1. The van der Waals surface area contributed by atoms with Crippen LogP contribution in [-0.2, 0) is 0 Å². The van der Waals surface area contributed by atoms with Gasteiger partial charge in [-0.25, -0.2) is 4.98 Å². The zero-order valence-corrected chi connectivity index (χ0v) is 15.8. The highest BCUT2D eigenvalue weighted by molar-refractivity contribution is 6.30. The van der Waals surface area contributed by atoms with Crippen molar-refractivity contribution in [3.8, 4) is 0 Å². The maximum Gasteiger partial charge on any atom is 0.268 e. The fraction of sp³-hybridized carbons (Fsp3) is 0.250. The minimum Gasteiger partial charge on any atom is -0.367 e. The molecule has 0 saturated heterocycles. The van der Waals surface area contributed by atoms with E-state index in [-0.39, 0.29) is 11.6 Å². The Kier molecular flexibility index (Phi) is 5.38. The Morgan fingerprint density at radius 2 is 2.04 bits per heavy atom. The number of pyridine rings is 1. The average Bonchev–Trinajstić information content (AvgIpc) is 2.63. The summed E-state index contributed by atoms with van der Waals surface area (Å²) in [6.07, 6.45) is 4.21. The Morgan fingerprint density at radius 1 is 1.31 bits per heavy atom. The van der Waals surface area contributed by atoms with Crippen molar-refractivity contribution >= 4 is 35.0 Å². The van der Waals surface area contributed by atoms with Crippen molar-refractivity contribution in [1.29, 1.82) is 0 Å². The number of hydrogen-bond donors (Lipinski definition) is 1. The number of hydrogen-bond acceptors (Lipinski definition) is 4. The molecule has 0 fully saturated rings. The maximum atomic E-state index is 13.0. The quantitative estimate of drug-likeness (QED) is 0.668. The van der Waals surface area contributed by atoms with Crippen LogP contribution in [0.3, 0.4) is 0 Å². The summed E-state index contributed by atoms with van der Waals surface area (Å²) in [6, 6.07) is 11.1. The molecular weight excluding hydrogens is 348 g/mol. The number of halogens is 1. The second-order valence-corrected chi connectivity index (χ2v) is 6.69. The van der Waals surface area contributed by atoms with Gasteiger partial charge in [-0.05, 0) is 56.2 Å². The van der Waals surface area contributed by atoms with Gasteiger partial charge in [-0.1, -0.05) is 24.6 Å². The highest BCUT2D eigenvalue weighted by Crippen LogP contribution is 2.18. The molecule has 1 atom stereocenters. The van der Waals surface area contributed by atoms with Crippen molar-refractivity contribution < 1.29 is 0 Å². The van der Waals surface area contributed by atoms with Crippen molar-refractivity contribution in [3.63, 3.8) is 0 Å². The molecule has 0 spiro atoms. The molecule has 0 aliphatic rings. The Morgan fingerprint density at radius 3 is 2.73 bits per heavy atom. The van der Waals surface area contributed by atoms with E-state index in [0.717, 1.165) is 17.7 Å². The molecule has 1 aromatic carbocycles. The van der Waals surface area contributed by atoms with Crippen LogP contribution in [0.4, 0.5) is 11.5 Å². The van der Waals surface area contributed by atoms with Crippen LogP contribution in [0.2, 0.25) is 5.02 Å². The van der Waals surface area contributed by atoms with E-state index in [1.54, 1.807) is 41.1 Å². The monoisotopic (exact) mass is 368 g/mol. The number of aromatic nitrogens is 2. The van der Waals surface area contributed by atoms with E-state index >= 15 is 0 Å². The van der Waals surface area contributed by atoms with E-state index < -0.39 is 0 Å². The van der Waals surface area contributed by atoms with Crippen LogP contribution in [0.25, 0.3) is 5.65 Å². The van der Waals surface area contributed by atoms with E-state index in [0.29, 0.717) is 22.1 Å². The van der Waals surface area contributed by atoms with Gasteiger partial charge >= 0.3 is 0 Å². The molecule has 134 valence electrons. The molecule has 2 aromatic heterocycles. The molecule has 3 rings (SSSR count). The summed E-state index contributed by atoms with van der Waals surface area (Å²) in [5, 5.41) is 3.97. The number of aliphatic imine (C=N–C) groups is 1. The summed E-state index contributed by atoms with van der Waals surface area (Å²) in [5.74, 6) is 0.552. The topological polar surface area (TPSA) is 58.8 Å². The number of nitrogens with zero attached hydrogens (tertiary/aromatic N) is 3. The van der Waals surface area contributed by atoms with E-state index in [4.69, 9.17) is 11.6 Å². The number of aryl methyl sites for hydroxylation is 1. The number of benzene rings is 1. The summed E-state index contributed by atoms with van der Waals surface area (Å²) < 4.78 is 1.56. The molecule has 3 aromatic rings. The Labute approximate surface area is 157 Å². The van der Waals surface area contributed by atoms with Crippen LogP contribution in [0.5, 0.6) is 0 Å². The first-order valence-electron chi connectivity index (χ1n) is 8.57. The number of anilines is 1. The Bertz CT molecular complexity index is 1010. The van der Waals surface area contributed by atoms with Gasteiger partial charge in [0.2, 0.25) is 0 Å². The molecule has 0 saturated carbocycles. The first-order valence-corrected chi connectivity index (χ1v) is 8.95. The van der Waals surface area contributed by atoms with Crippen LogP contribution in [0.15, 0.2) is 52.4 Å². The van der Waals surface area contributed by atoms with E-state index in [1.807, 2.05) is 19.1 Å². The van der Waals surface area contributed by atoms with Crippen molar-refractivity contribution in [3.05, 3.63) is 69.1 Å². The van der Waals surface area contributed by atoms with Crippen molar-refractivity contribution in [2.24, 2.45) is 4.99 Å². The van der Waals surface area contributed by atoms with Crippen molar-refractivity contribution in [2.75, 3.05) is 5.32 Å². The van der Waals surface area contributed by atoms with Gasteiger partial charge in [-0.3, -0.25) is 14.2 Å². The molecular formula is C20H21ClN4O. The maximum absolute atomic E-state index is 13.0. The summed E-state index contributed by atoms with van der Waals surface area (Å²) in [5.41, 5.74) is 2.59. The zero-order chi connectivity index (χ0) is 18.7. The lowest BCUT2D eigenvalue weighted by molar-refractivity contribution is 0.758. The van der Waals surface area contributed by atoms with Gasteiger partial charge in [0.05, 0.1) is 5.69 Å². The summed E-state index contributed by atoms with van der Waals surface area (Å²) in [4.78, 5) is 22.1. The van der Waals surface area contributed by atoms with Gasteiger partial charge in [0, 0.05) is 23.5 Å². The third-order valence-electron chi connectivity index (χ3n) is 4.25. The lowest BCUT2D eigenvalue weighted by atomic mass is 10.2. The molecule has 1 unspecified atom stereocenters. The molecule has 2 heterocycles. The van der Waals surface area contributed by atoms with Gasteiger partial charge in [-0.2, -0.15) is 0 Å². The molecule has 26 heavy (non-hydrogen) atoms. The molecule has 0 bridgehead atoms. The normalized spacial score (nSPS) is 12.6. The molecule has 1 N–H and O–H groups in total. The van der Waals surface area contributed by atoms with Gasteiger partial charge in [0.1, 0.15) is 17.0 Å². The summed E-state index contributed by atoms with van der Waals surface area (Å²) in [7, 11) is 0. The Balaban J connectivity index is 2.14. The largest absolute Gasteiger partial charge is 0.367 e. The highest BCUT2D eigenvalue weighted by Gasteiger charge is 2.14. The van der Waals surface area contributed by atoms with Crippen molar-refractivity contribution in [2.45, 2.75) is 33.2 Å². The molecule has 5 nitrogen and oxygen atoms in total. The van der Waals surface area contributed by atoms with Gasteiger partial charge in [-0.15, -0.1) is 0 Å². The van der Waals surface area contributed by atoms with Crippen LogP contribution < -0.4 is 10.9 Å². The molecule has 6 heteroatoms. The van der Waals surface area contributed by atoms with E-state index in [2.05, 4.69) is 29.1 Å². The highest BCUT2D eigenvalue weighted by atomic mass is 35.5. The fourth-order valence-corrected chi connectivity index (χ4v) is 2.67. The van der Waals surface area contributed by atoms with E-state index in [9.17, 15) is 4.79 Å². The van der Waals surface area contributed by atoms with E-state index in [1.165, 1.54) is 0 Å². The van der Waals surface area contributed by atoms with Gasteiger partial charge < -0.3 is 5.32 Å². The van der Waals surface area contributed by atoms with Crippen LogP contribution >= 0.6 is 11.6 Å².